The van der Waals surface area contributed by atoms with Crippen LogP contribution in [0.25, 0.3) is 0 Å². The largest absolute Gasteiger partial charge is 0.497 e. The third-order valence-electron chi connectivity index (χ3n) is 4.39. The molecule has 0 fully saturated rings. The third kappa shape index (κ3) is 4.45. The zero-order valence-corrected chi connectivity index (χ0v) is 16.8. The first-order valence-electron chi connectivity index (χ1n) is 8.70. The predicted molar refractivity (Wildman–Crippen MR) is 109 cm³/mol. The van der Waals surface area contributed by atoms with E-state index in [1.807, 2.05) is 42.7 Å². The molecule has 2 aromatic heterocycles. The molecule has 1 aromatic carbocycles. The van der Waals surface area contributed by atoms with Gasteiger partial charge in [0.05, 0.1) is 30.6 Å². The Kier molecular flexibility index (Phi) is 6.20. The highest BCUT2D eigenvalue weighted by Gasteiger charge is 2.19. The summed E-state index contributed by atoms with van der Waals surface area (Å²) in [5.41, 5.74) is 2.80. The minimum Gasteiger partial charge on any atom is -0.497 e. The highest BCUT2D eigenvalue weighted by molar-refractivity contribution is 8.00. The summed E-state index contributed by atoms with van der Waals surface area (Å²) in [6.07, 6.45) is 4.57. The Morgan fingerprint density at radius 2 is 1.96 bits per heavy atom. The van der Waals surface area contributed by atoms with Crippen LogP contribution in [0, 0.1) is 13.8 Å². The van der Waals surface area contributed by atoms with Gasteiger partial charge in [-0.3, -0.25) is 9.78 Å². The summed E-state index contributed by atoms with van der Waals surface area (Å²) in [6.45, 7) is 4.32. The molecule has 0 aliphatic carbocycles. The molecule has 0 spiro atoms. The molecule has 0 radical (unpaired) electrons. The fraction of sp³-hybridized carbons (Fsp3) is 0.250. The number of amides is 1. The van der Waals surface area contributed by atoms with Crippen molar-refractivity contribution in [3.8, 4) is 11.6 Å². The quantitative estimate of drug-likeness (QED) is 0.593. The molecule has 3 rings (SSSR count). The molecule has 8 heteroatoms. The van der Waals surface area contributed by atoms with Crippen LogP contribution in [0.1, 0.15) is 16.7 Å². The number of hydrogen-bond donors (Lipinski definition) is 2. The topological polar surface area (TPSA) is 89.3 Å². The van der Waals surface area contributed by atoms with E-state index in [-0.39, 0.29) is 17.5 Å². The van der Waals surface area contributed by atoms with Gasteiger partial charge in [-0.2, -0.15) is 0 Å². The molecule has 7 nitrogen and oxygen atoms in total. The minimum atomic E-state index is -0.181. The molecule has 2 N–H and O–H groups in total. The Morgan fingerprint density at radius 1 is 1.21 bits per heavy atom. The molecule has 1 amide bonds. The van der Waals surface area contributed by atoms with Crippen molar-refractivity contribution in [1.29, 1.82) is 0 Å². The first-order chi connectivity index (χ1) is 13.5. The monoisotopic (exact) mass is 398 g/mol. The predicted octanol–water partition coefficient (Wildman–Crippen LogP) is 3.39. The number of methoxy groups -OCH3 is 1. The number of nitrogens with one attached hydrogen (secondary N) is 1. The summed E-state index contributed by atoms with van der Waals surface area (Å²) in [5.74, 6) is 1.42. The van der Waals surface area contributed by atoms with Crippen molar-refractivity contribution in [2.24, 2.45) is 0 Å². The van der Waals surface area contributed by atoms with Gasteiger partial charge < -0.3 is 19.7 Å². The maximum atomic E-state index is 12.2. The highest BCUT2D eigenvalue weighted by Crippen LogP contribution is 2.35. The van der Waals surface area contributed by atoms with Crippen LogP contribution >= 0.6 is 11.8 Å². The SMILES string of the molecule is COc1ccc(Cn2c(O)c(C)c(C)c2SCC(=O)Nc2cnccn2)cc1. The molecule has 0 saturated carbocycles. The summed E-state index contributed by atoms with van der Waals surface area (Å²) in [4.78, 5) is 20.2. The first kappa shape index (κ1) is 19.8. The van der Waals surface area contributed by atoms with Crippen LogP contribution in [0.5, 0.6) is 11.6 Å². The number of anilines is 1. The standard InChI is InChI=1S/C20H22N4O3S/c1-13-14(2)20(28-12-18(25)23-17-10-21-8-9-22-17)24(19(13)26)11-15-4-6-16(27-3)7-5-15/h4-10,26H,11-12H2,1-3H3,(H,22,23,25). The normalized spacial score (nSPS) is 10.7. The summed E-state index contributed by atoms with van der Waals surface area (Å²) in [7, 11) is 1.63. The lowest BCUT2D eigenvalue weighted by Gasteiger charge is -2.12. The van der Waals surface area contributed by atoms with Crippen LogP contribution < -0.4 is 10.1 Å². The average molecular weight is 398 g/mol. The van der Waals surface area contributed by atoms with Crippen LogP contribution in [-0.2, 0) is 11.3 Å². The Balaban J connectivity index is 1.74. The van der Waals surface area contributed by atoms with Gasteiger partial charge in [0.1, 0.15) is 5.75 Å². The zero-order valence-electron chi connectivity index (χ0n) is 16.0. The number of hydrogen-bond acceptors (Lipinski definition) is 6. The number of nitrogens with zero attached hydrogens (tertiary/aromatic N) is 3. The van der Waals surface area contributed by atoms with Crippen molar-refractivity contribution in [3.63, 3.8) is 0 Å². The van der Waals surface area contributed by atoms with Gasteiger partial charge in [-0.1, -0.05) is 23.9 Å². The highest BCUT2D eigenvalue weighted by atomic mass is 32.2. The second-order valence-corrected chi connectivity index (χ2v) is 7.20. The van der Waals surface area contributed by atoms with Gasteiger partial charge >= 0.3 is 0 Å². The molecule has 0 aliphatic heterocycles. The smallest absolute Gasteiger partial charge is 0.235 e. The van der Waals surface area contributed by atoms with Crippen molar-refractivity contribution in [3.05, 3.63) is 59.5 Å². The lowest BCUT2D eigenvalue weighted by atomic mass is 10.2. The van der Waals surface area contributed by atoms with Crippen LogP contribution in [-0.4, -0.2) is 38.4 Å². The Morgan fingerprint density at radius 3 is 2.61 bits per heavy atom. The maximum Gasteiger partial charge on any atom is 0.235 e. The summed E-state index contributed by atoms with van der Waals surface area (Å²) in [6, 6.07) is 7.68. The van der Waals surface area contributed by atoms with E-state index in [2.05, 4.69) is 15.3 Å². The van der Waals surface area contributed by atoms with Gasteiger partial charge in [-0.15, -0.1) is 0 Å². The lowest BCUT2D eigenvalue weighted by Crippen LogP contribution is -2.15. The Bertz CT molecular complexity index is 956. The number of thioether (sulfide) groups is 1. The van der Waals surface area contributed by atoms with Gasteiger partial charge in [-0.25, -0.2) is 4.98 Å². The molecule has 0 bridgehead atoms. The fourth-order valence-corrected chi connectivity index (χ4v) is 3.77. The summed E-state index contributed by atoms with van der Waals surface area (Å²) < 4.78 is 7.02. The van der Waals surface area contributed by atoms with Crippen molar-refractivity contribution in [2.45, 2.75) is 25.4 Å². The molecule has 2 heterocycles. The number of aromatic nitrogens is 3. The van der Waals surface area contributed by atoms with Crippen molar-refractivity contribution >= 4 is 23.5 Å². The van der Waals surface area contributed by atoms with Gasteiger partial charge in [0, 0.05) is 18.0 Å². The van der Waals surface area contributed by atoms with Crippen molar-refractivity contribution in [2.75, 3.05) is 18.2 Å². The Labute approximate surface area is 167 Å². The van der Waals surface area contributed by atoms with E-state index in [1.165, 1.54) is 24.2 Å². The fourth-order valence-electron chi connectivity index (χ4n) is 2.75. The number of carbonyl (C=O) groups is 1. The minimum absolute atomic E-state index is 0.181. The summed E-state index contributed by atoms with van der Waals surface area (Å²) >= 11 is 1.38. The molecular formula is C20H22N4O3S. The van der Waals surface area contributed by atoms with Gasteiger partial charge in [0.2, 0.25) is 5.91 Å². The second kappa shape index (κ2) is 8.79. The van der Waals surface area contributed by atoms with E-state index < -0.39 is 0 Å². The number of ether oxygens (including phenoxy) is 1. The van der Waals surface area contributed by atoms with Crippen LogP contribution in [0.3, 0.4) is 0 Å². The lowest BCUT2D eigenvalue weighted by molar-refractivity contribution is -0.113. The van der Waals surface area contributed by atoms with Crippen molar-refractivity contribution < 1.29 is 14.6 Å². The Hall–Kier alpha value is -3.00. The first-order valence-corrected chi connectivity index (χ1v) is 9.68. The van der Waals surface area contributed by atoms with Crippen LogP contribution in [0.15, 0.2) is 47.9 Å². The van der Waals surface area contributed by atoms with E-state index >= 15 is 0 Å². The number of carbonyl (C=O) groups excluding carboxylic acids is 1. The molecule has 0 saturated heterocycles. The molecular weight excluding hydrogens is 376 g/mol. The van der Waals surface area contributed by atoms with E-state index in [0.29, 0.717) is 12.4 Å². The maximum absolute atomic E-state index is 12.2. The van der Waals surface area contributed by atoms with Gasteiger partial charge in [-0.05, 0) is 37.1 Å². The molecule has 0 unspecified atom stereocenters. The average Bonchev–Trinajstić information content (AvgIpc) is 2.91. The summed E-state index contributed by atoms with van der Waals surface area (Å²) in [5, 5.41) is 14.1. The van der Waals surface area contributed by atoms with E-state index in [9.17, 15) is 9.90 Å². The molecule has 28 heavy (non-hydrogen) atoms. The molecule has 0 atom stereocenters. The van der Waals surface area contributed by atoms with Gasteiger partial charge in [0.15, 0.2) is 11.7 Å². The molecule has 146 valence electrons. The zero-order chi connectivity index (χ0) is 20.1. The molecule has 0 aliphatic rings. The second-order valence-electron chi connectivity index (χ2n) is 6.24. The van der Waals surface area contributed by atoms with E-state index in [0.717, 1.165) is 27.5 Å². The van der Waals surface area contributed by atoms with Crippen LogP contribution in [0.4, 0.5) is 5.82 Å². The van der Waals surface area contributed by atoms with E-state index in [1.54, 1.807) is 13.3 Å². The van der Waals surface area contributed by atoms with Crippen molar-refractivity contribution in [1.82, 2.24) is 14.5 Å². The number of aromatic hydroxyl groups is 1. The van der Waals surface area contributed by atoms with Crippen LogP contribution in [0.2, 0.25) is 0 Å². The van der Waals surface area contributed by atoms with E-state index in [4.69, 9.17) is 4.74 Å². The number of rotatable bonds is 7. The van der Waals surface area contributed by atoms with Gasteiger partial charge in [0.25, 0.3) is 0 Å². The third-order valence-corrected chi connectivity index (χ3v) is 5.60. The number of benzene rings is 1. The molecule has 3 aromatic rings.